The average molecular weight is 884 g/mol. The predicted molar refractivity (Wildman–Crippen MR) is 283 cm³/mol. The first-order chi connectivity index (χ1) is 33.7. The van der Waals surface area contributed by atoms with Gasteiger partial charge in [0.05, 0.1) is 5.41 Å². The minimum absolute atomic E-state index is 0.494. The Morgan fingerprint density at radius 3 is 1.46 bits per heavy atom. The van der Waals surface area contributed by atoms with Gasteiger partial charge in [-0.2, -0.15) is 0 Å². The van der Waals surface area contributed by atoms with Crippen LogP contribution in [0.4, 0.5) is 0 Å². The highest BCUT2D eigenvalue weighted by atomic mass is 32.1. The van der Waals surface area contributed by atoms with Gasteiger partial charge in [0.25, 0.3) is 0 Å². The van der Waals surface area contributed by atoms with Crippen molar-refractivity contribution in [2.24, 2.45) is 0 Å². The van der Waals surface area contributed by atoms with Crippen LogP contribution in [0.5, 0.6) is 0 Å². The van der Waals surface area contributed by atoms with E-state index in [1.165, 1.54) is 64.7 Å². The van der Waals surface area contributed by atoms with E-state index >= 15 is 0 Å². The van der Waals surface area contributed by atoms with Crippen LogP contribution in [-0.2, 0) is 5.41 Å². The van der Waals surface area contributed by atoms with E-state index in [0.717, 1.165) is 38.9 Å². The molecule has 0 amide bonds. The second-order valence-corrected chi connectivity index (χ2v) is 18.5. The van der Waals surface area contributed by atoms with Gasteiger partial charge < -0.3 is 0 Å². The van der Waals surface area contributed by atoms with Crippen LogP contribution in [0, 0.1) is 0 Å². The number of hydrogen-bond donors (Lipinski definition) is 0. The summed E-state index contributed by atoms with van der Waals surface area (Å²) in [7, 11) is 0. The normalized spacial score (nSPS) is 12.5. The Bertz CT molecular complexity index is 3780. The van der Waals surface area contributed by atoms with E-state index in [-0.39, 0.29) is 0 Å². The van der Waals surface area contributed by atoms with Gasteiger partial charge in [-0.25, -0.2) is 15.0 Å². The molecule has 1 aliphatic carbocycles. The highest BCUT2D eigenvalue weighted by molar-refractivity contribution is 7.26. The van der Waals surface area contributed by atoms with E-state index in [1.807, 2.05) is 17.4 Å². The first kappa shape index (κ1) is 39.8. The summed E-state index contributed by atoms with van der Waals surface area (Å²) >= 11 is 1.87. The first-order valence-electron chi connectivity index (χ1n) is 23.1. The predicted octanol–water partition coefficient (Wildman–Crippen LogP) is 16.6. The van der Waals surface area contributed by atoms with Crippen LogP contribution in [0.1, 0.15) is 22.3 Å². The molecule has 318 valence electrons. The number of nitrogens with zero attached hydrogens (tertiary/aromatic N) is 3. The Balaban J connectivity index is 0.922. The molecule has 4 heteroatoms. The summed E-state index contributed by atoms with van der Waals surface area (Å²) in [6.45, 7) is 0. The number of hydrogen-bond acceptors (Lipinski definition) is 4. The molecule has 1 aliphatic rings. The van der Waals surface area contributed by atoms with Crippen molar-refractivity contribution in [3.8, 4) is 78.7 Å². The highest BCUT2D eigenvalue weighted by Crippen LogP contribution is 2.56. The lowest BCUT2D eigenvalue weighted by Gasteiger charge is -2.33. The van der Waals surface area contributed by atoms with E-state index in [4.69, 9.17) is 15.0 Å². The zero-order chi connectivity index (χ0) is 45.0. The molecule has 0 aliphatic heterocycles. The maximum absolute atomic E-state index is 5.33. The molecular weight excluding hydrogens is 843 g/mol. The van der Waals surface area contributed by atoms with E-state index in [9.17, 15) is 0 Å². The second kappa shape index (κ2) is 16.4. The first-order valence-corrected chi connectivity index (χ1v) is 23.9. The molecule has 0 unspecified atom stereocenters. The Morgan fingerprint density at radius 2 is 0.750 bits per heavy atom. The van der Waals surface area contributed by atoms with Crippen molar-refractivity contribution in [3.63, 3.8) is 0 Å². The van der Waals surface area contributed by atoms with Crippen LogP contribution in [0.2, 0.25) is 0 Å². The van der Waals surface area contributed by atoms with Gasteiger partial charge in [-0.3, -0.25) is 0 Å². The van der Waals surface area contributed by atoms with Crippen molar-refractivity contribution in [1.82, 2.24) is 15.0 Å². The molecule has 10 aromatic carbocycles. The standard InChI is InChI=1S/C64H41N3S/c1-4-17-44(18-5-1)50-23-10-11-26-55(50)63-66-61(46-37-33-43(34-38-46)42-31-35-45(36-32-42)51-27-16-28-54-53-25-13-15-30-59(53)68-60(51)54)65-62(67-63)47-39-40-58-56(41-47)52-24-12-14-29-57(52)64(58,48-19-6-2-7-20-48)49-21-8-3-9-22-49/h1-41H. The van der Waals surface area contributed by atoms with Gasteiger partial charge in [0, 0.05) is 36.9 Å². The Hall–Kier alpha value is -8.57. The lowest BCUT2D eigenvalue weighted by molar-refractivity contribution is 0.768. The lowest BCUT2D eigenvalue weighted by atomic mass is 9.67. The summed E-state index contributed by atoms with van der Waals surface area (Å²) in [5, 5.41) is 2.63. The van der Waals surface area contributed by atoms with Gasteiger partial charge in [-0.1, -0.05) is 237 Å². The summed E-state index contributed by atoms with van der Waals surface area (Å²) in [5.74, 6) is 1.87. The fraction of sp³-hybridized carbons (Fsp3) is 0.0156. The molecule has 0 bridgehead atoms. The fourth-order valence-corrected chi connectivity index (χ4v) is 11.8. The van der Waals surface area contributed by atoms with Crippen molar-refractivity contribution in [2.45, 2.75) is 5.41 Å². The van der Waals surface area contributed by atoms with Crippen LogP contribution in [0.25, 0.3) is 98.8 Å². The van der Waals surface area contributed by atoms with E-state index in [1.54, 1.807) is 0 Å². The van der Waals surface area contributed by atoms with E-state index in [2.05, 4.69) is 243 Å². The molecule has 0 radical (unpaired) electrons. The van der Waals surface area contributed by atoms with Gasteiger partial charge >= 0.3 is 0 Å². The molecular formula is C64H41N3S. The zero-order valence-corrected chi connectivity index (χ0v) is 37.7. The molecule has 0 N–H and O–H groups in total. The van der Waals surface area contributed by atoms with Crippen molar-refractivity contribution < 1.29 is 0 Å². The number of fused-ring (bicyclic) bond motifs is 6. The van der Waals surface area contributed by atoms with Crippen LogP contribution < -0.4 is 0 Å². The van der Waals surface area contributed by atoms with Gasteiger partial charge in [0.2, 0.25) is 0 Å². The topological polar surface area (TPSA) is 38.7 Å². The minimum atomic E-state index is -0.494. The number of thiophene rings is 1. The van der Waals surface area contributed by atoms with Crippen LogP contribution in [-0.4, -0.2) is 15.0 Å². The molecule has 68 heavy (non-hydrogen) atoms. The summed E-state index contributed by atoms with van der Waals surface area (Å²) in [4.78, 5) is 15.9. The van der Waals surface area contributed by atoms with E-state index in [0.29, 0.717) is 17.5 Å². The summed E-state index contributed by atoms with van der Waals surface area (Å²) in [6.07, 6.45) is 0. The third kappa shape index (κ3) is 6.52. The van der Waals surface area contributed by atoms with Gasteiger partial charge in [-0.15, -0.1) is 11.3 Å². The van der Waals surface area contributed by atoms with Crippen LogP contribution in [0.3, 0.4) is 0 Å². The molecule has 0 atom stereocenters. The maximum Gasteiger partial charge on any atom is 0.164 e. The third-order valence-electron chi connectivity index (χ3n) is 13.7. The quantitative estimate of drug-likeness (QED) is 0.153. The number of benzene rings is 10. The monoisotopic (exact) mass is 883 g/mol. The fourth-order valence-electron chi connectivity index (χ4n) is 10.5. The van der Waals surface area contributed by atoms with Crippen molar-refractivity contribution in [1.29, 1.82) is 0 Å². The molecule has 3 nitrogen and oxygen atoms in total. The molecule has 0 spiro atoms. The number of rotatable bonds is 8. The van der Waals surface area contributed by atoms with Crippen LogP contribution in [0.15, 0.2) is 249 Å². The SMILES string of the molecule is c1ccc(-c2ccccc2-c2nc(-c3ccc(-c4ccc(-c5cccc6c5sc5ccccc56)cc4)cc3)nc(-c3ccc4c(c3)-c3ccccc3C4(c3ccccc3)c3ccccc3)n2)cc1. The molecule has 12 aromatic rings. The zero-order valence-electron chi connectivity index (χ0n) is 36.9. The summed E-state index contributed by atoms with van der Waals surface area (Å²) < 4.78 is 2.64. The van der Waals surface area contributed by atoms with Crippen molar-refractivity contribution in [2.75, 3.05) is 0 Å². The molecule has 0 fully saturated rings. The molecule has 13 rings (SSSR count). The number of aromatic nitrogens is 3. The van der Waals surface area contributed by atoms with Gasteiger partial charge in [-0.05, 0) is 78.9 Å². The van der Waals surface area contributed by atoms with Crippen molar-refractivity contribution >= 4 is 31.5 Å². The maximum atomic E-state index is 5.33. The third-order valence-corrected chi connectivity index (χ3v) is 14.9. The Labute approximate surface area is 399 Å². The lowest BCUT2D eigenvalue weighted by Crippen LogP contribution is -2.28. The average Bonchev–Trinajstić information content (AvgIpc) is 3.95. The smallest absolute Gasteiger partial charge is 0.164 e. The molecule has 0 saturated carbocycles. The largest absolute Gasteiger partial charge is 0.208 e. The van der Waals surface area contributed by atoms with Gasteiger partial charge in [0.15, 0.2) is 17.5 Å². The van der Waals surface area contributed by atoms with Gasteiger partial charge in [0.1, 0.15) is 0 Å². The highest BCUT2D eigenvalue weighted by Gasteiger charge is 2.46. The second-order valence-electron chi connectivity index (χ2n) is 17.4. The Kier molecular flexibility index (Phi) is 9.59. The Morgan fingerprint density at radius 1 is 0.279 bits per heavy atom. The molecule has 2 heterocycles. The minimum Gasteiger partial charge on any atom is -0.208 e. The summed E-state index contributed by atoms with van der Waals surface area (Å²) in [6, 6.07) is 89.3. The van der Waals surface area contributed by atoms with Crippen LogP contribution >= 0.6 is 11.3 Å². The summed E-state index contributed by atoms with van der Waals surface area (Å²) in [5.41, 5.74) is 16.6. The molecule has 2 aromatic heterocycles. The molecule has 0 saturated heterocycles. The van der Waals surface area contributed by atoms with Crippen molar-refractivity contribution in [3.05, 3.63) is 271 Å². The van der Waals surface area contributed by atoms with E-state index < -0.39 is 5.41 Å².